The largest absolute Gasteiger partial charge is 0.475 e. The van der Waals surface area contributed by atoms with Gasteiger partial charge in [-0.15, -0.1) is 0 Å². The molecule has 0 fully saturated rings. The number of aromatic nitrogens is 2. The van der Waals surface area contributed by atoms with Crippen LogP contribution < -0.4 is 10.3 Å². The third-order valence-corrected chi connectivity index (χ3v) is 2.11. The zero-order valence-corrected chi connectivity index (χ0v) is 10.7. The lowest BCUT2D eigenvalue weighted by molar-refractivity contribution is 0.0988. The molecule has 5 nitrogen and oxygen atoms in total. The number of aromatic amines is 1. The average Bonchev–Trinajstić information content (AvgIpc) is 2.28. The third-order valence-electron chi connectivity index (χ3n) is 2.11. The monoisotopic (exact) mass is 240 g/mol. The van der Waals surface area contributed by atoms with Crippen LogP contribution in [0.3, 0.4) is 0 Å². The zero-order chi connectivity index (χ0) is 12.7. The minimum atomic E-state index is -0.187. The summed E-state index contributed by atoms with van der Waals surface area (Å²) in [6.45, 7) is 7.63. The first-order valence-electron chi connectivity index (χ1n) is 5.95. The molecular formula is C12H20N2O3. The fraction of sp³-hybridized carbons (Fsp3) is 0.667. The van der Waals surface area contributed by atoms with E-state index in [9.17, 15) is 4.79 Å². The van der Waals surface area contributed by atoms with Crippen LogP contribution in [0, 0.1) is 0 Å². The number of nitrogens with zero attached hydrogens (tertiary/aromatic N) is 1. The summed E-state index contributed by atoms with van der Waals surface area (Å²) in [5.41, 5.74) is -0.187. The molecule has 0 aromatic carbocycles. The van der Waals surface area contributed by atoms with E-state index in [4.69, 9.17) is 9.47 Å². The highest BCUT2D eigenvalue weighted by atomic mass is 16.5. The van der Waals surface area contributed by atoms with Gasteiger partial charge in [-0.2, -0.15) is 4.98 Å². The Labute approximate surface area is 101 Å². The second-order valence-corrected chi connectivity index (χ2v) is 4.08. The van der Waals surface area contributed by atoms with Crippen LogP contribution in [0.4, 0.5) is 0 Å². The van der Waals surface area contributed by atoms with Gasteiger partial charge in [-0.25, -0.2) is 0 Å². The molecule has 1 aromatic heterocycles. The van der Waals surface area contributed by atoms with Crippen molar-refractivity contribution in [3.63, 3.8) is 0 Å². The summed E-state index contributed by atoms with van der Waals surface area (Å²) in [5, 5.41) is 0. The number of hydrogen-bond donors (Lipinski definition) is 1. The molecule has 96 valence electrons. The maximum atomic E-state index is 11.3. The molecule has 1 rings (SSSR count). The summed E-state index contributed by atoms with van der Waals surface area (Å²) < 4.78 is 10.6. The van der Waals surface area contributed by atoms with Gasteiger partial charge in [-0.3, -0.25) is 4.79 Å². The molecule has 5 heteroatoms. The second kappa shape index (κ2) is 7.06. The van der Waals surface area contributed by atoms with Crippen LogP contribution in [0.15, 0.2) is 10.9 Å². The van der Waals surface area contributed by atoms with Gasteiger partial charge in [-0.1, -0.05) is 20.8 Å². The van der Waals surface area contributed by atoms with E-state index >= 15 is 0 Å². The Kier molecular flexibility index (Phi) is 5.69. The summed E-state index contributed by atoms with van der Waals surface area (Å²) in [5.74, 6) is 1.17. The molecule has 0 aliphatic heterocycles. The van der Waals surface area contributed by atoms with Crippen molar-refractivity contribution in [1.82, 2.24) is 9.97 Å². The van der Waals surface area contributed by atoms with Crippen LogP contribution in [0.25, 0.3) is 0 Å². The first kappa shape index (κ1) is 13.7. The topological polar surface area (TPSA) is 64.2 Å². The van der Waals surface area contributed by atoms with Gasteiger partial charge < -0.3 is 14.5 Å². The Morgan fingerprint density at radius 3 is 2.76 bits per heavy atom. The van der Waals surface area contributed by atoms with Gasteiger partial charge in [0.1, 0.15) is 12.4 Å². The molecule has 0 aliphatic rings. The SMILES string of the molecule is CCCOCCOc1cc(=O)[nH]c(C(C)C)n1. The molecule has 1 heterocycles. The maximum Gasteiger partial charge on any atom is 0.254 e. The van der Waals surface area contributed by atoms with Gasteiger partial charge in [0.15, 0.2) is 0 Å². The van der Waals surface area contributed by atoms with E-state index in [1.54, 1.807) is 0 Å². The van der Waals surface area contributed by atoms with Gasteiger partial charge in [0.05, 0.1) is 12.7 Å². The van der Waals surface area contributed by atoms with E-state index in [0.717, 1.165) is 13.0 Å². The summed E-state index contributed by atoms with van der Waals surface area (Å²) in [6, 6.07) is 1.35. The Morgan fingerprint density at radius 1 is 1.35 bits per heavy atom. The Bertz CT molecular complexity index is 388. The smallest absolute Gasteiger partial charge is 0.254 e. The molecule has 0 saturated carbocycles. The average molecular weight is 240 g/mol. The molecule has 0 amide bonds. The van der Waals surface area contributed by atoms with Gasteiger partial charge in [0, 0.05) is 12.5 Å². The van der Waals surface area contributed by atoms with Gasteiger partial charge >= 0.3 is 0 Å². The van der Waals surface area contributed by atoms with Crippen molar-refractivity contribution >= 4 is 0 Å². The molecule has 1 aromatic rings. The van der Waals surface area contributed by atoms with Gasteiger partial charge in [-0.05, 0) is 6.42 Å². The van der Waals surface area contributed by atoms with Crippen molar-refractivity contribution < 1.29 is 9.47 Å². The maximum absolute atomic E-state index is 11.3. The highest BCUT2D eigenvalue weighted by Gasteiger charge is 2.05. The quantitative estimate of drug-likeness (QED) is 0.737. The number of H-pyrrole nitrogens is 1. The Hall–Kier alpha value is -1.36. The molecule has 0 unspecified atom stereocenters. The fourth-order valence-corrected chi connectivity index (χ4v) is 1.25. The van der Waals surface area contributed by atoms with Crippen LogP contribution in [0.5, 0.6) is 5.88 Å². The van der Waals surface area contributed by atoms with Crippen LogP contribution >= 0.6 is 0 Å². The van der Waals surface area contributed by atoms with Crippen LogP contribution in [0.2, 0.25) is 0 Å². The lowest BCUT2D eigenvalue weighted by Gasteiger charge is -2.08. The van der Waals surface area contributed by atoms with E-state index < -0.39 is 0 Å². The minimum absolute atomic E-state index is 0.169. The standard InChI is InChI=1S/C12H20N2O3/c1-4-5-16-6-7-17-11-8-10(15)13-12(14-11)9(2)3/h8-9H,4-7H2,1-3H3,(H,13,14,15). The predicted octanol–water partition coefficient (Wildman–Crippen LogP) is 1.70. The minimum Gasteiger partial charge on any atom is -0.475 e. The number of rotatable bonds is 7. The normalized spacial score (nSPS) is 10.8. The van der Waals surface area contributed by atoms with E-state index in [1.807, 2.05) is 20.8 Å². The number of ether oxygens (including phenoxy) is 2. The Morgan fingerprint density at radius 2 is 2.12 bits per heavy atom. The third kappa shape index (κ3) is 4.99. The second-order valence-electron chi connectivity index (χ2n) is 4.08. The highest BCUT2D eigenvalue weighted by molar-refractivity contribution is 5.10. The number of nitrogens with one attached hydrogen (secondary N) is 1. The number of hydrogen-bond acceptors (Lipinski definition) is 4. The van der Waals surface area contributed by atoms with Crippen molar-refractivity contribution in [3.8, 4) is 5.88 Å². The molecule has 17 heavy (non-hydrogen) atoms. The van der Waals surface area contributed by atoms with Crippen LogP contribution in [0.1, 0.15) is 38.9 Å². The molecule has 0 aliphatic carbocycles. The summed E-state index contributed by atoms with van der Waals surface area (Å²) in [4.78, 5) is 18.2. The van der Waals surface area contributed by atoms with E-state index in [2.05, 4.69) is 9.97 Å². The van der Waals surface area contributed by atoms with Crippen molar-refractivity contribution in [1.29, 1.82) is 0 Å². The van der Waals surface area contributed by atoms with E-state index in [-0.39, 0.29) is 11.5 Å². The van der Waals surface area contributed by atoms with E-state index in [1.165, 1.54) is 6.07 Å². The van der Waals surface area contributed by atoms with Crippen molar-refractivity contribution in [3.05, 3.63) is 22.2 Å². The highest BCUT2D eigenvalue weighted by Crippen LogP contribution is 2.10. The first-order chi connectivity index (χ1) is 8.13. The van der Waals surface area contributed by atoms with Crippen molar-refractivity contribution in [2.24, 2.45) is 0 Å². The molecular weight excluding hydrogens is 220 g/mol. The fourth-order valence-electron chi connectivity index (χ4n) is 1.25. The first-order valence-corrected chi connectivity index (χ1v) is 5.95. The summed E-state index contributed by atoms with van der Waals surface area (Å²) >= 11 is 0. The van der Waals surface area contributed by atoms with Crippen LogP contribution in [-0.2, 0) is 4.74 Å². The van der Waals surface area contributed by atoms with Crippen LogP contribution in [-0.4, -0.2) is 29.8 Å². The lowest BCUT2D eigenvalue weighted by atomic mass is 10.2. The molecule has 0 saturated heterocycles. The van der Waals surface area contributed by atoms with Crippen molar-refractivity contribution in [2.45, 2.75) is 33.1 Å². The summed E-state index contributed by atoms with van der Waals surface area (Å²) in [7, 11) is 0. The lowest BCUT2D eigenvalue weighted by Crippen LogP contribution is -2.15. The molecule has 1 N–H and O–H groups in total. The predicted molar refractivity (Wildman–Crippen MR) is 65.6 cm³/mol. The van der Waals surface area contributed by atoms with Gasteiger partial charge in [0.2, 0.25) is 5.88 Å². The van der Waals surface area contributed by atoms with Gasteiger partial charge in [0.25, 0.3) is 5.56 Å². The molecule has 0 bridgehead atoms. The Balaban J connectivity index is 2.50. The molecule has 0 atom stereocenters. The zero-order valence-electron chi connectivity index (χ0n) is 10.7. The molecule has 0 radical (unpaired) electrons. The summed E-state index contributed by atoms with van der Waals surface area (Å²) in [6.07, 6.45) is 0.987. The van der Waals surface area contributed by atoms with E-state index in [0.29, 0.717) is 24.9 Å². The molecule has 0 spiro atoms. The van der Waals surface area contributed by atoms with Crippen molar-refractivity contribution in [2.75, 3.05) is 19.8 Å².